The van der Waals surface area contributed by atoms with E-state index in [1.54, 1.807) is 0 Å². The first kappa shape index (κ1) is 11.0. The van der Waals surface area contributed by atoms with Crippen LogP contribution in [0.15, 0.2) is 30.3 Å². The van der Waals surface area contributed by atoms with E-state index in [1.807, 2.05) is 18.2 Å². The van der Waals surface area contributed by atoms with Crippen molar-refractivity contribution in [2.45, 2.75) is 32.6 Å². The zero-order valence-corrected chi connectivity index (χ0v) is 9.16. The minimum Gasteiger partial charge on any atom is -0.303 e. The van der Waals surface area contributed by atoms with Gasteiger partial charge in [-0.2, -0.15) is 0 Å². The van der Waals surface area contributed by atoms with Gasteiger partial charge in [0, 0.05) is 6.42 Å². The lowest BCUT2D eigenvalue weighted by molar-refractivity contribution is -0.108. The van der Waals surface area contributed by atoms with Gasteiger partial charge in [-0.25, -0.2) is 0 Å². The molecule has 1 heteroatoms. The normalized spacial score (nSPS) is 13.6. The Balaban J connectivity index is 2.89. The van der Waals surface area contributed by atoms with Crippen LogP contribution in [0, 0.1) is 5.92 Å². The molecule has 1 nitrogen and oxygen atoms in total. The molecule has 0 heterocycles. The van der Waals surface area contributed by atoms with Gasteiger partial charge < -0.3 is 4.79 Å². The molecular weight excluding hydrogens is 172 g/mol. The molecule has 0 aliphatic rings. The fourth-order valence-electron chi connectivity index (χ4n) is 1.59. The third kappa shape index (κ3) is 2.22. The highest BCUT2D eigenvalue weighted by Gasteiger charge is 2.26. The molecule has 0 N–H and O–H groups in total. The van der Waals surface area contributed by atoms with E-state index in [-0.39, 0.29) is 5.41 Å². The van der Waals surface area contributed by atoms with E-state index in [9.17, 15) is 4.79 Å². The Kier molecular flexibility index (Phi) is 3.45. The molecule has 0 fully saturated rings. The van der Waals surface area contributed by atoms with Crippen molar-refractivity contribution in [2.75, 3.05) is 0 Å². The molecule has 14 heavy (non-hydrogen) atoms. The van der Waals surface area contributed by atoms with Crippen molar-refractivity contribution in [3.05, 3.63) is 35.9 Å². The van der Waals surface area contributed by atoms with Crippen LogP contribution in [0.5, 0.6) is 0 Å². The molecule has 0 amide bonds. The summed E-state index contributed by atoms with van der Waals surface area (Å²) in [5.41, 5.74) is 1.37. The maximum absolute atomic E-state index is 10.5. The Morgan fingerprint density at radius 3 is 2.36 bits per heavy atom. The Bertz CT molecular complexity index is 287. The second kappa shape index (κ2) is 4.41. The summed E-state index contributed by atoms with van der Waals surface area (Å²) < 4.78 is 0. The Morgan fingerprint density at radius 1 is 1.29 bits per heavy atom. The maximum Gasteiger partial charge on any atom is 0.120 e. The highest BCUT2D eigenvalue weighted by molar-refractivity contribution is 5.50. The highest BCUT2D eigenvalue weighted by atomic mass is 16.1. The predicted octanol–water partition coefficient (Wildman–Crippen LogP) is 3.19. The quantitative estimate of drug-likeness (QED) is 0.666. The van der Waals surface area contributed by atoms with Crippen molar-refractivity contribution in [3.8, 4) is 0 Å². The van der Waals surface area contributed by atoms with Gasteiger partial charge in [0.1, 0.15) is 6.29 Å². The van der Waals surface area contributed by atoms with Gasteiger partial charge in [0.05, 0.1) is 0 Å². The number of benzene rings is 1. The molecule has 0 aliphatic heterocycles. The zero-order chi connectivity index (χ0) is 10.6. The topological polar surface area (TPSA) is 17.1 Å². The van der Waals surface area contributed by atoms with E-state index in [1.165, 1.54) is 5.56 Å². The van der Waals surface area contributed by atoms with E-state index in [0.717, 1.165) is 6.29 Å². The second-order valence-electron chi connectivity index (χ2n) is 4.39. The smallest absolute Gasteiger partial charge is 0.120 e. The van der Waals surface area contributed by atoms with Crippen LogP contribution in [-0.2, 0) is 10.2 Å². The molecule has 76 valence electrons. The summed E-state index contributed by atoms with van der Waals surface area (Å²) in [7, 11) is 0. The number of hydrogen-bond acceptors (Lipinski definition) is 1. The molecule has 0 spiro atoms. The molecule has 1 aromatic rings. The molecule has 0 radical (unpaired) electrons. The third-order valence-electron chi connectivity index (χ3n) is 3.20. The van der Waals surface area contributed by atoms with Gasteiger partial charge in [-0.15, -0.1) is 0 Å². The van der Waals surface area contributed by atoms with Crippen molar-refractivity contribution in [2.24, 2.45) is 5.92 Å². The van der Waals surface area contributed by atoms with Crippen molar-refractivity contribution >= 4 is 6.29 Å². The first-order valence-corrected chi connectivity index (χ1v) is 5.08. The maximum atomic E-state index is 10.5. The van der Waals surface area contributed by atoms with Crippen molar-refractivity contribution in [1.29, 1.82) is 0 Å². The first-order valence-electron chi connectivity index (χ1n) is 5.08. The molecule has 0 saturated carbocycles. The number of aldehydes is 1. The van der Waals surface area contributed by atoms with E-state index in [4.69, 9.17) is 0 Å². The molecule has 1 rings (SSSR count). The van der Waals surface area contributed by atoms with E-state index >= 15 is 0 Å². The average Bonchev–Trinajstić information content (AvgIpc) is 2.19. The second-order valence-corrected chi connectivity index (χ2v) is 4.39. The van der Waals surface area contributed by atoms with Gasteiger partial charge in [0.15, 0.2) is 0 Å². The molecule has 0 aromatic heterocycles. The van der Waals surface area contributed by atoms with Crippen molar-refractivity contribution in [1.82, 2.24) is 0 Å². The fourth-order valence-corrected chi connectivity index (χ4v) is 1.59. The van der Waals surface area contributed by atoms with Crippen LogP contribution in [0.2, 0.25) is 0 Å². The lowest BCUT2D eigenvalue weighted by Crippen LogP contribution is -2.26. The van der Waals surface area contributed by atoms with E-state index in [2.05, 4.69) is 32.9 Å². The van der Waals surface area contributed by atoms with Crippen LogP contribution in [-0.4, -0.2) is 6.29 Å². The van der Waals surface area contributed by atoms with Crippen LogP contribution in [0.3, 0.4) is 0 Å². The average molecular weight is 190 g/mol. The summed E-state index contributed by atoms with van der Waals surface area (Å²) in [6, 6.07) is 10.4. The van der Waals surface area contributed by atoms with Gasteiger partial charge in [-0.05, 0) is 16.9 Å². The highest BCUT2D eigenvalue weighted by Crippen LogP contribution is 2.32. The summed E-state index contributed by atoms with van der Waals surface area (Å²) >= 11 is 0. The largest absolute Gasteiger partial charge is 0.303 e. The Morgan fingerprint density at radius 2 is 1.86 bits per heavy atom. The van der Waals surface area contributed by atoms with Crippen LogP contribution < -0.4 is 0 Å². The van der Waals surface area contributed by atoms with E-state index < -0.39 is 0 Å². The minimum atomic E-state index is 0.0716. The summed E-state index contributed by atoms with van der Waals surface area (Å²) in [5, 5.41) is 0. The Hall–Kier alpha value is -1.11. The minimum absolute atomic E-state index is 0.0716. The molecule has 0 saturated heterocycles. The summed E-state index contributed by atoms with van der Waals surface area (Å²) in [6.45, 7) is 6.51. The lowest BCUT2D eigenvalue weighted by Gasteiger charge is -2.31. The third-order valence-corrected chi connectivity index (χ3v) is 3.20. The number of rotatable bonds is 4. The van der Waals surface area contributed by atoms with Crippen LogP contribution in [0.1, 0.15) is 32.8 Å². The number of carbonyl (C=O) groups excluding carboxylic acids is 1. The molecule has 1 aromatic carbocycles. The van der Waals surface area contributed by atoms with Gasteiger partial charge in [-0.3, -0.25) is 0 Å². The monoisotopic (exact) mass is 190 g/mol. The summed E-state index contributed by atoms with van der Waals surface area (Å²) in [4.78, 5) is 10.5. The number of carbonyl (C=O) groups is 1. The lowest BCUT2D eigenvalue weighted by atomic mass is 9.73. The van der Waals surface area contributed by atoms with E-state index in [0.29, 0.717) is 12.3 Å². The van der Waals surface area contributed by atoms with Crippen LogP contribution in [0.25, 0.3) is 0 Å². The van der Waals surface area contributed by atoms with Gasteiger partial charge in [-0.1, -0.05) is 51.1 Å². The van der Waals surface area contributed by atoms with Crippen LogP contribution >= 0.6 is 0 Å². The fraction of sp³-hybridized carbons (Fsp3) is 0.462. The summed E-state index contributed by atoms with van der Waals surface area (Å²) in [5.74, 6) is 0.377. The molecule has 1 atom stereocenters. The van der Waals surface area contributed by atoms with Gasteiger partial charge >= 0.3 is 0 Å². The molecular formula is C13H18O. The first-order chi connectivity index (χ1) is 6.59. The molecule has 1 unspecified atom stereocenters. The summed E-state index contributed by atoms with van der Waals surface area (Å²) in [6.07, 6.45) is 1.64. The molecule has 0 aliphatic carbocycles. The van der Waals surface area contributed by atoms with Crippen molar-refractivity contribution < 1.29 is 4.79 Å². The predicted molar refractivity (Wildman–Crippen MR) is 59.3 cm³/mol. The van der Waals surface area contributed by atoms with Gasteiger partial charge in [0.2, 0.25) is 0 Å². The standard InChI is InChI=1S/C13H18O/c1-11(9-10-14)13(2,3)12-7-5-4-6-8-12/h4-8,10-11H,9H2,1-3H3. The Labute approximate surface area is 86.1 Å². The zero-order valence-electron chi connectivity index (χ0n) is 9.16. The molecule has 0 bridgehead atoms. The SMILES string of the molecule is CC(CC=O)C(C)(C)c1ccccc1. The van der Waals surface area contributed by atoms with Crippen molar-refractivity contribution in [3.63, 3.8) is 0 Å². The van der Waals surface area contributed by atoms with Crippen LogP contribution in [0.4, 0.5) is 0 Å². The number of hydrogen-bond donors (Lipinski definition) is 0. The van der Waals surface area contributed by atoms with Gasteiger partial charge in [0.25, 0.3) is 0 Å².